The highest BCUT2D eigenvalue weighted by Crippen LogP contribution is 2.66. The van der Waals surface area contributed by atoms with E-state index < -0.39 is 25.9 Å². The Bertz CT molecular complexity index is 1230. The Morgan fingerprint density at radius 3 is 2.48 bits per heavy atom. The summed E-state index contributed by atoms with van der Waals surface area (Å²) in [5, 5.41) is 21.9. The molecule has 2 fully saturated rings. The van der Waals surface area contributed by atoms with Crippen LogP contribution in [0.2, 0.25) is 0 Å². The highest BCUT2D eigenvalue weighted by Gasteiger charge is 2.68. The number of benzene rings is 1. The normalized spacial score (nSPS) is 32.3. The molecule has 0 saturated heterocycles. The van der Waals surface area contributed by atoms with E-state index in [0.29, 0.717) is 5.56 Å². The lowest BCUT2D eigenvalue weighted by Crippen LogP contribution is -2.34. The van der Waals surface area contributed by atoms with Gasteiger partial charge in [-0.2, -0.15) is 5.26 Å². The molecule has 0 amide bonds. The molecule has 1 aromatic rings. The molecule has 2 bridgehead atoms. The van der Waals surface area contributed by atoms with Crippen LogP contribution in [0.5, 0.6) is 0 Å². The molecule has 1 aliphatic heterocycles. The topological polar surface area (TPSA) is 108 Å². The van der Waals surface area contributed by atoms with E-state index in [1.807, 2.05) is 39.8 Å². The van der Waals surface area contributed by atoms with Gasteiger partial charge in [-0.1, -0.05) is 62.0 Å². The predicted molar refractivity (Wildman–Crippen MR) is 121 cm³/mol. The lowest BCUT2D eigenvalue weighted by atomic mass is 9.70. The van der Waals surface area contributed by atoms with Gasteiger partial charge in [0, 0.05) is 11.8 Å². The molecule has 0 radical (unpaired) electrons. The first kappa shape index (κ1) is 21.8. The molecule has 0 aromatic heterocycles. The first-order valence-corrected chi connectivity index (χ1v) is 12.4. The maximum absolute atomic E-state index is 13.9. The second-order valence-corrected chi connectivity index (χ2v) is 12.4. The number of hydrogen-bond acceptors (Lipinski definition) is 7. The largest absolute Gasteiger partial charge is 0.410 e. The number of allylic oxidation sites excluding steroid dienone is 1. The molecule has 0 spiro atoms. The van der Waals surface area contributed by atoms with Gasteiger partial charge in [0.25, 0.3) is 0 Å². The molecule has 6 nitrogen and oxygen atoms in total. The Morgan fingerprint density at radius 2 is 1.97 bits per heavy atom. The van der Waals surface area contributed by atoms with Gasteiger partial charge in [0.15, 0.2) is 9.84 Å². The van der Waals surface area contributed by atoms with Crippen LogP contribution in [0, 0.1) is 35.0 Å². The average molecular weight is 457 g/mol. The van der Waals surface area contributed by atoms with Crippen molar-refractivity contribution < 1.29 is 18.4 Å². The summed E-state index contributed by atoms with van der Waals surface area (Å²) in [6, 6.07) is 9.45. The molecular formula is C23H24N2O4S2. The van der Waals surface area contributed by atoms with Crippen molar-refractivity contribution >= 4 is 38.0 Å². The Balaban J connectivity index is 1.87. The van der Waals surface area contributed by atoms with Crippen LogP contribution >= 0.6 is 11.8 Å². The number of carbonyl (C=O) groups excluding carboxylic acids is 1. The summed E-state index contributed by atoms with van der Waals surface area (Å²) < 4.78 is 27.8. The number of rotatable bonds is 3. The van der Waals surface area contributed by atoms with Crippen molar-refractivity contribution in [2.24, 2.45) is 21.9 Å². The molecule has 3 aliphatic rings. The van der Waals surface area contributed by atoms with E-state index in [1.165, 1.54) is 6.08 Å². The van der Waals surface area contributed by atoms with Gasteiger partial charge in [0.1, 0.15) is 16.9 Å². The van der Waals surface area contributed by atoms with Gasteiger partial charge in [0.2, 0.25) is 0 Å². The number of ketones is 1. The molecule has 31 heavy (non-hydrogen) atoms. The van der Waals surface area contributed by atoms with Crippen LogP contribution in [0.4, 0.5) is 0 Å². The summed E-state index contributed by atoms with van der Waals surface area (Å²) in [4.78, 5) is 12.9. The lowest BCUT2D eigenvalue weighted by Gasteiger charge is -2.32. The van der Waals surface area contributed by atoms with Gasteiger partial charge in [0.05, 0.1) is 20.6 Å². The maximum atomic E-state index is 13.9. The second kappa shape index (κ2) is 7.07. The first-order valence-electron chi connectivity index (χ1n) is 10.1. The van der Waals surface area contributed by atoms with Gasteiger partial charge in [-0.25, -0.2) is 8.42 Å². The van der Waals surface area contributed by atoms with Crippen molar-refractivity contribution in [1.82, 2.24) is 0 Å². The zero-order chi connectivity index (χ0) is 22.8. The number of sulfone groups is 1. The third-order valence-corrected chi connectivity index (χ3v) is 11.1. The SMILES string of the molecule is Cc1ccccc1/C(C#N)=C1\S/C(=N\O)C=C1S(=O)(=O)C1CC2(C)C(=O)CC1C2(C)C. The van der Waals surface area contributed by atoms with Crippen molar-refractivity contribution in [3.05, 3.63) is 51.3 Å². The van der Waals surface area contributed by atoms with Crippen molar-refractivity contribution in [3.63, 3.8) is 0 Å². The highest BCUT2D eigenvalue weighted by atomic mass is 32.2. The number of aryl methyl sites for hydroxylation is 1. The van der Waals surface area contributed by atoms with E-state index in [9.17, 15) is 23.7 Å². The molecule has 162 valence electrons. The lowest BCUT2D eigenvalue weighted by molar-refractivity contribution is -0.128. The van der Waals surface area contributed by atoms with Crippen LogP contribution in [0.3, 0.4) is 0 Å². The van der Waals surface area contributed by atoms with Gasteiger partial charge in [-0.15, -0.1) is 0 Å². The maximum Gasteiger partial charge on any atom is 0.182 e. The van der Waals surface area contributed by atoms with Gasteiger partial charge < -0.3 is 5.21 Å². The van der Waals surface area contributed by atoms with Crippen LogP contribution in [0.25, 0.3) is 5.57 Å². The minimum Gasteiger partial charge on any atom is -0.410 e. The van der Waals surface area contributed by atoms with Crippen molar-refractivity contribution in [1.29, 1.82) is 5.26 Å². The Labute approximate surface area is 186 Å². The van der Waals surface area contributed by atoms with Crippen molar-refractivity contribution in [2.45, 2.75) is 45.8 Å². The number of fused-ring (bicyclic) bond motifs is 2. The fourth-order valence-corrected chi connectivity index (χ4v) is 9.12. The molecule has 3 atom stereocenters. The van der Waals surface area contributed by atoms with E-state index >= 15 is 0 Å². The number of Topliss-reactive ketones (excluding diaryl/α,β-unsaturated/α-hetero) is 1. The highest BCUT2D eigenvalue weighted by molar-refractivity contribution is 8.19. The molecule has 4 rings (SSSR count). The summed E-state index contributed by atoms with van der Waals surface area (Å²) in [5.74, 6) is -0.170. The Kier molecular flexibility index (Phi) is 4.99. The summed E-state index contributed by atoms with van der Waals surface area (Å²) in [5.41, 5.74) is 0.606. The van der Waals surface area contributed by atoms with E-state index in [1.54, 1.807) is 12.1 Å². The number of hydrogen-bond donors (Lipinski definition) is 1. The number of oxime groups is 1. The van der Waals surface area contributed by atoms with Gasteiger partial charge in [-0.05, 0) is 41.9 Å². The average Bonchev–Trinajstić information content (AvgIpc) is 3.29. The van der Waals surface area contributed by atoms with Crippen LogP contribution in [0.15, 0.2) is 45.3 Å². The molecule has 8 heteroatoms. The van der Waals surface area contributed by atoms with Crippen molar-refractivity contribution in [3.8, 4) is 6.07 Å². The van der Waals surface area contributed by atoms with Crippen LogP contribution in [-0.4, -0.2) is 29.7 Å². The zero-order valence-corrected chi connectivity index (χ0v) is 19.5. The molecule has 3 unspecified atom stereocenters. The van der Waals surface area contributed by atoms with E-state index in [4.69, 9.17) is 0 Å². The van der Waals surface area contributed by atoms with Gasteiger partial charge >= 0.3 is 0 Å². The molecule has 1 heterocycles. The summed E-state index contributed by atoms with van der Waals surface area (Å²) in [6.45, 7) is 7.67. The molecule has 1 N–H and O–H groups in total. The second-order valence-electron chi connectivity index (χ2n) is 9.25. The molecule has 2 saturated carbocycles. The number of thioether (sulfide) groups is 1. The van der Waals surface area contributed by atoms with Gasteiger partial charge in [-0.3, -0.25) is 4.79 Å². The summed E-state index contributed by atoms with van der Waals surface area (Å²) >= 11 is 0.979. The van der Waals surface area contributed by atoms with Crippen molar-refractivity contribution in [2.75, 3.05) is 0 Å². The fraction of sp³-hybridized carbons (Fsp3) is 0.435. The van der Waals surface area contributed by atoms with E-state index in [-0.39, 0.29) is 45.0 Å². The molecule has 2 aliphatic carbocycles. The van der Waals surface area contributed by atoms with Crippen LogP contribution < -0.4 is 0 Å². The number of carbonyl (C=O) groups is 1. The minimum absolute atomic E-state index is 0.00880. The van der Waals surface area contributed by atoms with E-state index in [2.05, 4.69) is 11.2 Å². The first-order chi connectivity index (χ1) is 14.5. The standard InChI is InChI=1S/C23H24N2O4S2/c1-13-7-5-6-8-14(13)15(12-24)21-17(10-20(25-27)30-21)31(28,29)18-11-23(4)19(26)9-16(18)22(23,2)3/h5-8,10,16,18,27H,9,11H2,1-4H3/b21-15-,25-20-. The zero-order valence-electron chi connectivity index (χ0n) is 17.8. The Morgan fingerprint density at radius 1 is 1.29 bits per heavy atom. The summed E-state index contributed by atoms with van der Waals surface area (Å²) in [6.07, 6.45) is 1.85. The van der Waals surface area contributed by atoms with Crippen LogP contribution in [0.1, 0.15) is 44.7 Å². The number of nitriles is 1. The molecule has 1 aromatic carbocycles. The Hall–Kier alpha value is -2.37. The predicted octanol–water partition coefficient (Wildman–Crippen LogP) is 4.46. The fourth-order valence-electron chi connectivity index (χ4n) is 5.34. The van der Waals surface area contributed by atoms with Crippen LogP contribution in [-0.2, 0) is 14.6 Å². The minimum atomic E-state index is -3.88. The summed E-state index contributed by atoms with van der Waals surface area (Å²) in [7, 11) is -3.88. The van der Waals surface area contributed by atoms with E-state index in [0.717, 1.165) is 17.3 Å². The third-order valence-electron chi connectivity index (χ3n) is 7.67. The smallest absolute Gasteiger partial charge is 0.182 e. The monoisotopic (exact) mass is 456 g/mol. The number of nitrogens with zero attached hydrogens (tertiary/aromatic N) is 2. The molecular weight excluding hydrogens is 432 g/mol. The quantitative estimate of drug-likeness (QED) is 0.409. The third kappa shape index (κ3) is 2.94.